The summed E-state index contributed by atoms with van der Waals surface area (Å²) in [6.07, 6.45) is 0. The molecule has 1 N–H and O–H groups in total. The molecule has 2 nitrogen and oxygen atoms in total. The van der Waals surface area contributed by atoms with E-state index in [0.717, 1.165) is 29.0 Å². The molecule has 0 fully saturated rings. The van der Waals surface area contributed by atoms with Crippen LogP contribution >= 0.6 is 12.4 Å². The number of hydrogen-bond donors (Lipinski definition) is 1. The average Bonchev–Trinajstić information content (AvgIpc) is 2.63. The Morgan fingerprint density at radius 3 is 2.19 bits per heavy atom. The van der Waals surface area contributed by atoms with E-state index in [9.17, 15) is 4.39 Å². The van der Waals surface area contributed by atoms with Crippen molar-refractivity contribution in [2.45, 2.75) is 26.6 Å². The first-order chi connectivity index (χ1) is 12.2. The summed E-state index contributed by atoms with van der Waals surface area (Å²) in [5.74, 6) is 0.656. The van der Waals surface area contributed by atoms with E-state index in [-0.39, 0.29) is 18.2 Å². The predicted molar refractivity (Wildman–Crippen MR) is 106 cm³/mol. The molecule has 0 saturated heterocycles. The highest BCUT2D eigenvalue weighted by Crippen LogP contribution is 2.16. The molecule has 3 aromatic carbocycles. The summed E-state index contributed by atoms with van der Waals surface area (Å²) < 4.78 is 18.8. The van der Waals surface area contributed by atoms with Crippen molar-refractivity contribution in [3.05, 3.63) is 101 Å². The summed E-state index contributed by atoms with van der Waals surface area (Å²) in [6, 6.07) is 23.0. The molecule has 3 rings (SSSR count). The monoisotopic (exact) mass is 371 g/mol. The van der Waals surface area contributed by atoms with E-state index in [1.54, 1.807) is 12.1 Å². The second kappa shape index (κ2) is 9.95. The number of halogens is 2. The number of hydrogen-bond acceptors (Lipinski definition) is 2. The zero-order chi connectivity index (χ0) is 17.5. The Labute approximate surface area is 160 Å². The molecule has 0 unspecified atom stereocenters. The summed E-state index contributed by atoms with van der Waals surface area (Å²) in [6.45, 7) is 4.08. The van der Waals surface area contributed by atoms with Crippen molar-refractivity contribution in [1.29, 1.82) is 0 Å². The van der Waals surface area contributed by atoms with Crippen LogP contribution in [0.5, 0.6) is 5.75 Å². The van der Waals surface area contributed by atoms with E-state index in [0.29, 0.717) is 13.2 Å². The van der Waals surface area contributed by atoms with Gasteiger partial charge < -0.3 is 10.1 Å². The lowest BCUT2D eigenvalue weighted by atomic mass is 10.1. The normalized spacial score (nSPS) is 10.2. The molecule has 0 saturated carbocycles. The average molecular weight is 372 g/mol. The minimum Gasteiger partial charge on any atom is -0.489 e. The second-order valence-electron chi connectivity index (χ2n) is 6.15. The molecule has 0 aromatic heterocycles. The van der Waals surface area contributed by atoms with Crippen molar-refractivity contribution in [3.63, 3.8) is 0 Å². The van der Waals surface area contributed by atoms with Crippen LogP contribution in [0, 0.1) is 12.7 Å². The summed E-state index contributed by atoms with van der Waals surface area (Å²) in [5.41, 5.74) is 4.63. The first-order valence-corrected chi connectivity index (χ1v) is 8.41. The molecular weight excluding hydrogens is 349 g/mol. The highest BCUT2D eigenvalue weighted by atomic mass is 35.5. The molecule has 0 atom stereocenters. The van der Waals surface area contributed by atoms with Crippen LogP contribution in [0.15, 0.2) is 72.8 Å². The van der Waals surface area contributed by atoms with Gasteiger partial charge in [-0.25, -0.2) is 4.39 Å². The fourth-order valence-corrected chi connectivity index (χ4v) is 2.55. The quantitative estimate of drug-likeness (QED) is 0.598. The molecule has 3 aromatic rings. The van der Waals surface area contributed by atoms with Crippen LogP contribution in [0.4, 0.5) is 4.39 Å². The smallest absolute Gasteiger partial charge is 0.123 e. The predicted octanol–water partition coefficient (Wildman–Crippen LogP) is 5.42. The molecule has 0 radical (unpaired) electrons. The molecule has 0 bridgehead atoms. The van der Waals surface area contributed by atoms with Gasteiger partial charge in [-0.2, -0.15) is 0 Å². The topological polar surface area (TPSA) is 21.3 Å². The van der Waals surface area contributed by atoms with Crippen LogP contribution < -0.4 is 10.1 Å². The lowest BCUT2D eigenvalue weighted by molar-refractivity contribution is 0.306. The molecule has 0 aliphatic rings. The molecule has 26 heavy (non-hydrogen) atoms. The minimum absolute atomic E-state index is 0. The number of ether oxygens (including phenoxy) is 1. The van der Waals surface area contributed by atoms with E-state index < -0.39 is 0 Å². The van der Waals surface area contributed by atoms with Gasteiger partial charge in [-0.1, -0.05) is 54.1 Å². The molecule has 0 spiro atoms. The zero-order valence-corrected chi connectivity index (χ0v) is 15.6. The van der Waals surface area contributed by atoms with Gasteiger partial charge in [0.25, 0.3) is 0 Å². The molecule has 136 valence electrons. The summed E-state index contributed by atoms with van der Waals surface area (Å²) in [7, 11) is 0. The van der Waals surface area contributed by atoms with Crippen LogP contribution in [0.25, 0.3) is 0 Å². The molecule has 0 aliphatic heterocycles. The van der Waals surface area contributed by atoms with E-state index in [4.69, 9.17) is 4.74 Å². The summed E-state index contributed by atoms with van der Waals surface area (Å²) in [5, 5.41) is 3.37. The van der Waals surface area contributed by atoms with Crippen molar-refractivity contribution in [2.24, 2.45) is 0 Å². The van der Waals surface area contributed by atoms with E-state index >= 15 is 0 Å². The highest BCUT2D eigenvalue weighted by Gasteiger charge is 2.00. The van der Waals surface area contributed by atoms with Gasteiger partial charge in [-0.3, -0.25) is 0 Å². The van der Waals surface area contributed by atoms with E-state index in [2.05, 4.69) is 42.6 Å². The zero-order valence-electron chi connectivity index (χ0n) is 14.7. The number of nitrogens with one attached hydrogen (secondary N) is 1. The SMILES string of the molecule is Cc1ccc(COc2cccc(CNCc3ccc(F)cc3)c2)cc1.Cl. The Balaban J connectivity index is 0.00000243. The standard InChI is InChI=1S/C22H22FNO.ClH/c1-17-5-7-19(8-6-17)16-25-22-4-2-3-20(13-22)15-24-14-18-9-11-21(23)12-10-18;/h2-13,24H,14-16H2,1H3;1H. The fraction of sp³-hybridized carbons (Fsp3) is 0.182. The summed E-state index contributed by atoms with van der Waals surface area (Å²) >= 11 is 0. The third-order valence-electron chi connectivity index (χ3n) is 4.00. The van der Waals surface area contributed by atoms with Crippen molar-refractivity contribution < 1.29 is 9.13 Å². The van der Waals surface area contributed by atoms with Crippen molar-refractivity contribution >= 4 is 12.4 Å². The molecule has 0 amide bonds. The molecule has 0 heterocycles. The third-order valence-corrected chi connectivity index (χ3v) is 4.00. The Kier molecular flexibility index (Phi) is 7.64. The van der Waals surface area contributed by atoms with Crippen LogP contribution in [0.2, 0.25) is 0 Å². The van der Waals surface area contributed by atoms with Gasteiger partial charge in [-0.05, 0) is 47.9 Å². The first kappa shape index (κ1) is 20.0. The third kappa shape index (κ3) is 6.17. The first-order valence-electron chi connectivity index (χ1n) is 8.41. The lowest BCUT2D eigenvalue weighted by Crippen LogP contribution is -2.12. The van der Waals surface area contributed by atoms with Gasteiger partial charge in [0.15, 0.2) is 0 Å². The Morgan fingerprint density at radius 1 is 0.808 bits per heavy atom. The van der Waals surface area contributed by atoms with Crippen molar-refractivity contribution in [2.75, 3.05) is 0 Å². The van der Waals surface area contributed by atoms with Crippen LogP contribution in [0.1, 0.15) is 22.3 Å². The minimum atomic E-state index is -0.206. The lowest BCUT2D eigenvalue weighted by Gasteiger charge is -2.09. The Hall–Kier alpha value is -2.36. The maximum absolute atomic E-state index is 12.9. The van der Waals surface area contributed by atoms with Crippen molar-refractivity contribution in [1.82, 2.24) is 5.32 Å². The number of benzene rings is 3. The van der Waals surface area contributed by atoms with Crippen molar-refractivity contribution in [3.8, 4) is 5.75 Å². The van der Waals surface area contributed by atoms with Gasteiger partial charge >= 0.3 is 0 Å². The fourth-order valence-electron chi connectivity index (χ4n) is 2.55. The number of rotatable bonds is 7. The highest BCUT2D eigenvalue weighted by molar-refractivity contribution is 5.85. The molecular formula is C22H23ClFNO. The van der Waals surface area contributed by atoms with Gasteiger partial charge in [0.2, 0.25) is 0 Å². The van der Waals surface area contributed by atoms with Gasteiger partial charge in [0.05, 0.1) is 0 Å². The molecule has 4 heteroatoms. The van der Waals surface area contributed by atoms with Gasteiger partial charge in [0, 0.05) is 13.1 Å². The van der Waals surface area contributed by atoms with E-state index in [1.807, 2.05) is 18.2 Å². The van der Waals surface area contributed by atoms with Crippen LogP contribution in [0.3, 0.4) is 0 Å². The van der Waals surface area contributed by atoms with Crippen LogP contribution in [-0.2, 0) is 19.7 Å². The number of aryl methyl sites for hydroxylation is 1. The van der Waals surface area contributed by atoms with Gasteiger partial charge in [-0.15, -0.1) is 12.4 Å². The Bertz CT molecular complexity index is 803. The van der Waals surface area contributed by atoms with Gasteiger partial charge in [0.1, 0.15) is 18.2 Å². The second-order valence-corrected chi connectivity index (χ2v) is 6.15. The van der Waals surface area contributed by atoms with E-state index in [1.165, 1.54) is 17.7 Å². The maximum atomic E-state index is 12.9. The maximum Gasteiger partial charge on any atom is 0.123 e. The largest absolute Gasteiger partial charge is 0.489 e. The van der Waals surface area contributed by atoms with Crippen LogP contribution in [-0.4, -0.2) is 0 Å². The molecule has 0 aliphatic carbocycles. The Morgan fingerprint density at radius 2 is 1.46 bits per heavy atom. The summed E-state index contributed by atoms with van der Waals surface area (Å²) in [4.78, 5) is 0.